The maximum atomic E-state index is 6.04. The van der Waals surface area contributed by atoms with E-state index in [1.54, 1.807) is 7.11 Å². The van der Waals surface area contributed by atoms with Crippen LogP contribution in [0.3, 0.4) is 0 Å². The zero-order valence-corrected chi connectivity index (χ0v) is 11.4. The highest BCUT2D eigenvalue weighted by molar-refractivity contribution is 6.32. The van der Waals surface area contributed by atoms with Crippen molar-refractivity contribution in [3.63, 3.8) is 0 Å². The molecule has 94 valence electrons. The van der Waals surface area contributed by atoms with Crippen LogP contribution in [0.15, 0.2) is 24.3 Å². The van der Waals surface area contributed by atoms with Crippen molar-refractivity contribution in [3.05, 3.63) is 34.9 Å². The minimum absolute atomic E-state index is 0.109. The van der Waals surface area contributed by atoms with E-state index in [0.29, 0.717) is 10.8 Å². The van der Waals surface area contributed by atoms with E-state index in [1.807, 2.05) is 32.0 Å². The molecule has 0 heterocycles. The Balaban J connectivity index is 2.57. The molecule has 0 unspecified atom stereocenters. The third-order valence-corrected chi connectivity index (χ3v) is 2.74. The Morgan fingerprint density at radius 2 is 2.12 bits per heavy atom. The average molecular weight is 254 g/mol. The number of allylic oxidation sites excluding steroid dienone is 1. The summed E-state index contributed by atoms with van der Waals surface area (Å²) < 4.78 is 5.10. The first-order valence-corrected chi connectivity index (χ1v) is 6.09. The number of rotatable bonds is 5. The zero-order valence-electron chi connectivity index (χ0n) is 10.7. The summed E-state index contributed by atoms with van der Waals surface area (Å²) in [5.74, 6) is 0.701. The van der Waals surface area contributed by atoms with Crippen LogP contribution in [0.25, 0.3) is 6.08 Å². The van der Waals surface area contributed by atoms with Crippen LogP contribution in [-0.2, 0) is 0 Å². The number of halogens is 1. The van der Waals surface area contributed by atoms with Gasteiger partial charge in [0.25, 0.3) is 0 Å². The van der Waals surface area contributed by atoms with Crippen LogP contribution in [-0.4, -0.2) is 12.6 Å². The Labute approximate surface area is 108 Å². The van der Waals surface area contributed by atoms with Crippen LogP contribution < -0.4 is 10.5 Å². The van der Waals surface area contributed by atoms with Crippen LogP contribution in [0.2, 0.25) is 5.02 Å². The molecule has 0 radical (unpaired) electrons. The number of ether oxygens (including phenoxy) is 1. The summed E-state index contributed by atoms with van der Waals surface area (Å²) in [5.41, 5.74) is 6.87. The highest BCUT2D eigenvalue weighted by Gasteiger charge is 2.07. The van der Waals surface area contributed by atoms with Crippen molar-refractivity contribution in [2.24, 2.45) is 5.73 Å². The molecule has 1 aromatic carbocycles. The summed E-state index contributed by atoms with van der Waals surface area (Å²) >= 11 is 6.04. The molecule has 17 heavy (non-hydrogen) atoms. The second kappa shape index (κ2) is 6.08. The molecule has 0 fully saturated rings. The molecule has 0 atom stereocenters. The van der Waals surface area contributed by atoms with Gasteiger partial charge in [0.15, 0.2) is 0 Å². The summed E-state index contributed by atoms with van der Waals surface area (Å²) in [6.07, 6.45) is 6.10. The fourth-order valence-electron chi connectivity index (χ4n) is 1.46. The largest absolute Gasteiger partial charge is 0.495 e. The molecular formula is C14H20ClNO. The van der Waals surface area contributed by atoms with Crippen molar-refractivity contribution in [1.82, 2.24) is 0 Å². The Kier molecular flexibility index (Phi) is 5.03. The van der Waals surface area contributed by atoms with E-state index in [-0.39, 0.29) is 5.54 Å². The average Bonchev–Trinajstić information content (AvgIpc) is 2.23. The Hall–Kier alpha value is -0.990. The monoisotopic (exact) mass is 253 g/mol. The van der Waals surface area contributed by atoms with Crippen LogP contribution in [0.5, 0.6) is 5.75 Å². The van der Waals surface area contributed by atoms with Gasteiger partial charge in [-0.1, -0.05) is 29.8 Å². The maximum absolute atomic E-state index is 6.04. The van der Waals surface area contributed by atoms with Gasteiger partial charge in [-0.05, 0) is 44.4 Å². The van der Waals surface area contributed by atoms with Gasteiger partial charge in [0, 0.05) is 5.54 Å². The summed E-state index contributed by atoms with van der Waals surface area (Å²) in [7, 11) is 1.61. The van der Waals surface area contributed by atoms with E-state index in [4.69, 9.17) is 22.1 Å². The van der Waals surface area contributed by atoms with Gasteiger partial charge in [0.2, 0.25) is 0 Å². The van der Waals surface area contributed by atoms with Gasteiger partial charge in [0.1, 0.15) is 5.75 Å². The van der Waals surface area contributed by atoms with E-state index < -0.39 is 0 Å². The first-order chi connectivity index (χ1) is 7.92. The van der Waals surface area contributed by atoms with Crippen LogP contribution >= 0.6 is 11.6 Å². The van der Waals surface area contributed by atoms with Gasteiger partial charge in [0.05, 0.1) is 12.1 Å². The van der Waals surface area contributed by atoms with Gasteiger partial charge in [-0.3, -0.25) is 0 Å². The fraction of sp³-hybridized carbons (Fsp3) is 0.429. The van der Waals surface area contributed by atoms with Crippen molar-refractivity contribution in [3.8, 4) is 5.75 Å². The van der Waals surface area contributed by atoms with Crippen LogP contribution in [0.4, 0.5) is 0 Å². The van der Waals surface area contributed by atoms with Gasteiger partial charge in [-0.25, -0.2) is 0 Å². The minimum Gasteiger partial charge on any atom is -0.495 e. The molecule has 0 spiro atoms. The summed E-state index contributed by atoms with van der Waals surface area (Å²) in [6, 6.07) is 5.74. The minimum atomic E-state index is -0.109. The number of nitrogens with two attached hydrogens (primary N) is 1. The summed E-state index contributed by atoms with van der Waals surface area (Å²) in [5, 5.41) is 0.633. The molecule has 3 heteroatoms. The Morgan fingerprint density at radius 3 is 2.65 bits per heavy atom. The molecule has 1 aromatic rings. The molecule has 2 nitrogen and oxygen atoms in total. The highest BCUT2D eigenvalue weighted by Crippen LogP contribution is 2.25. The normalized spacial score (nSPS) is 12.1. The van der Waals surface area contributed by atoms with Gasteiger partial charge >= 0.3 is 0 Å². The van der Waals surface area contributed by atoms with Crippen molar-refractivity contribution in [1.29, 1.82) is 0 Å². The fourth-order valence-corrected chi connectivity index (χ4v) is 1.73. The lowest BCUT2D eigenvalue weighted by molar-refractivity contribution is 0.415. The lowest BCUT2D eigenvalue weighted by Gasteiger charge is -2.16. The van der Waals surface area contributed by atoms with Crippen molar-refractivity contribution < 1.29 is 4.74 Å². The first kappa shape index (κ1) is 14.1. The standard InChI is InChI=1S/C14H20ClNO/c1-14(2,16)9-5-4-6-11-7-8-13(17-3)12(15)10-11/h4,6-8,10H,5,9,16H2,1-3H3/b6-4+. The molecule has 0 saturated heterocycles. The molecule has 2 N–H and O–H groups in total. The molecule has 0 aliphatic rings. The number of benzene rings is 1. The second-order valence-electron chi connectivity index (χ2n) is 4.82. The third kappa shape index (κ3) is 5.24. The quantitative estimate of drug-likeness (QED) is 0.864. The Morgan fingerprint density at radius 1 is 1.41 bits per heavy atom. The molecule has 0 bridgehead atoms. The van der Waals surface area contributed by atoms with E-state index >= 15 is 0 Å². The molecular weight excluding hydrogens is 234 g/mol. The molecule has 0 aliphatic carbocycles. The van der Waals surface area contributed by atoms with E-state index in [2.05, 4.69) is 12.2 Å². The topological polar surface area (TPSA) is 35.2 Å². The predicted molar refractivity (Wildman–Crippen MR) is 74.5 cm³/mol. The lowest BCUT2D eigenvalue weighted by Crippen LogP contribution is -2.31. The van der Waals surface area contributed by atoms with Crippen LogP contribution in [0, 0.1) is 0 Å². The van der Waals surface area contributed by atoms with Gasteiger partial charge in [-0.15, -0.1) is 0 Å². The van der Waals surface area contributed by atoms with E-state index in [1.165, 1.54) is 0 Å². The van der Waals surface area contributed by atoms with Crippen molar-refractivity contribution in [2.75, 3.05) is 7.11 Å². The molecule has 0 saturated carbocycles. The third-order valence-electron chi connectivity index (χ3n) is 2.44. The van der Waals surface area contributed by atoms with Crippen molar-refractivity contribution in [2.45, 2.75) is 32.2 Å². The predicted octanol–water partition coefficient (Wildman–Crippen LogP) is 3.88. The van der Waals surface area contributed by atoms with E-state index in [0.717, 1.165) is 18.4 Å². The Bertz CT molecular complexity index is 394. The lowest BCUT2D eigenvalue weighted by atomic mass is 10.00. The smallest absolute Gasteiger partial charge is 0.137 e. The van der Waals surface area contributed by atoms with E-state index in [9.17, 15) is 0 Å². The van der Waals surface area contributed by atoms with Crippen LogP contribution in [0.1, 0.15) is 32.3 Å². The number of methoxy groups -OCH3 is 1. The summed E-state index contributed by atoms with van der Waals surface area (Å²) in [4.78, 5) is 0. The highest BCUT2D eigenvalue weighted by atomic mass is 35.5. The number of hydrogen-bond acceptors (Lipinski definition) is 2. The molecule has 1 rings (SSSR count). The second-order valence-corrected chi connectivity index (χ2v) is 5.23. The SMILES string of the molecule is COc1ccc(/C=C/CCC(C)(C)N)cc1Cl. The first-order valence-electron chi connectivity index (χ1n) is 5.71. The van der Waals surface area contributed by atoms with Gasteiger partial charge < -0.3 is 10.5 Å². The molecule has 0 amide bonds. The summed E-state index contributed by atoms with van der Waals surface area (Å²) in [6.45, 7) is 4.07. The zero-order chi connectivity index (χ0) is 12.9. The molecule has 0 aliphatic heterocycles. The molecule has 0 aromatic heterocycles. The number of hydrogen-bond donors (Lipinski definition) is 1. The maximum Gasteiger partial charge on any atom is 0.137 e. The van der Waals surface area contributed by atoms with Gasteiger partial charge in [-0.2, -0.15) is 0 Å². The van der Waals surface area contributed by atoms with Crippen molar-refractivity contribution >= 4 is 17.7 Å².